The summed E-state index contributed by atoms with van der Waals surface area (Å²) < 4.78 is 0. The molecule has 2 saturated carbocycles. The van der Waals surface area contributed by atoms with Gasteiger partial charge in [0.1, 0.15) is 0 Å². The second-order valence-electron chi connectivity index (χ2n) is 7.64. The number of hydrogen-bond donors (Lipinski definition) is 2. The molecule has 0 aromatic rings. The van der Waals surface area contributed by atoms with Crippen molar-refractivity contribution in [3.05, 3.63) is 0 Å². The van der Waals surface area contributed by atoms with Crippen LogP contribution in [0.4, 0.5) is 4.79 Å². The van der Waals surface area contributed by atoms with Crippen LogP contribution in [0.2, 0.25) is 0 Å². The predicted molar refractivity (Wildman–Crippen MR) is 88.2 cm³/mol. The van der Waals surface area contributed by atoms with E-state index in [9.17, 15) is 9.59 Å². The van der Waals surface area contributed by atoms with E-state index in [0.29, 0.717) is 24.8 Å². The lowest BCUT2D eigenvalue weighted by atomic mass is 9.83. The first-order valence-electron chi connectivity index (χ1n) is 9.45. The van der Waals surface area contributed by atoms with Gasteiger partial charge in [0.25, 0.3) is 0 Å². The first-order valence-corrected chi connectivity index (χ1v) is 9.45. The average molecular weight is 322 g/mol. The number of nitrogens with zero attached hydrogens (tertiary/aromatic N) is 1. The van der Waals surface area contributed by atoms with E-state index in [4.69, 9.17) is 5.11 Å². The van der Waals surface area contributed by atoms with E-state index >= 15 is 0 Å². The minimum absolute atomic E-state index is 0.0943. The minimum atomic E-state index is -0.688. The van der Waals surface area contributed by atoms with Gasteiger partial charge in [-0.05, 0) is 57.3 Å². The van der Waals surface area contributed by atoms with Gasteiger partial charge in [0, 0.05) is 18.6 Å². The zero-order chi connectivity index (χ0) is 16.2. The lowest BCUT2D eigenvalue weighted by Crippen LogP contribution is -2.50. The van der Waals surface area contributed by atoms with Crippen LogP contribution in [-0.2, 0) is 4.79 Å². The van der Waals surface area contributed by atoms with Crippen LogP contribution in [0.1, 0.15) is 70.6 Å². The number of nitrogens with one attached hydrogen (secondary N) is 1. The minimum Gasteiger partial charge on any atom is -0.481 e. The number of carboxylic acids is 1. The van der Waals surface area contributed by atoms with E-state index in [1.165, 1.54) is 32.1 Å². The fraction of sp³-hybridized carbons (Fsp3) is 0.889. The molecule has 0 aromatic heterocycles. The molecule has 1 unspecified atom stereocenters. The molecular formula is C18H30N2O3. The van der Waals surface area contributed by atoms with Crippen molar-refractivity contribution in [1.82, 2.24) is 10.2 Å². The fourth-order valence-corrected chi connectivity index (χ4v) is 4.80. The number of carboxylic acid groups (broad SMARTS) is 1. The molecule has 1 aliphatic heterocycles. The maximum Gasteiger partial charge on any atom is 0.317 e. The van der Waals surface area contributed by atoms with E-state index in [1.807, 2.05) is 0 Å². The molecule has 5 nitrogen and oxygen atoms in total. The molecule has 0 spiro atoms. The van der Waals surface area contributed by atoms with Gasteiger partial charge in [-0.2, -0.15) is 0 Å². The third kappa shape index (κ3) is 3.99. The van der Waals surface area contributed by atoms with Crippen LogP contribution in [0.25, 0.3) is 0 Å². The topological polar surface area (TPSA) is 69.6 Å². The number of carbonyl (C=O) groups is 2. The van der Waals surface area contributed by atoms with E-state index in [1.54, 1.807) is 0 Å². The van der Waals surface area contributed by atoms with Crippen LogP contribution < -0.4 is 5.32 Å². The van der Waals surface area contributed by atoms with Crippen molar-refractivity contribution >= 4 is 12.0 Å². The lowest BCUT2D eigenvalue weighted by molar-refractivity contribution is -0.142. The van der Waals surface area contributed by atoms with Gasteiger partial charge in [-0.15, -0.1) is 0 Å². The van der Waals surface area contributed by atoms with Gasteiger partial charge in [-0.3, -0.25) is 4.79 Å². The zero-order valence-corrected chi connectivity index (χ0v) is 14.0. The number of rotatable bonds is 3. The van der Waals surface area contributed by atoms with Gasteiger partial charge in [0.05, 0.1) is 5.92 Å². The van der Waals surface area contributed by atoms with Crippen LogP contribution in [0.15, 0.2) is 0 Å². The lowest BCUT2D eigenvalue weighted by Gasteiger charge is -2.35. The highest BCUT2D eigenvalue weighted by Crippen LogP contribution is 2.34. The normalized spacial score (nSPS) is 32.7. The maximum atomic E-state index is 12.7. The van der Waals surface area contributed by atoms with Crippen molar-refractivity contribution in [3.63, 3.8) is 0 Å². The zero-order valence-electron chi connectivity index (χ0n) is 14.0. The van der Waals surface area contributed by atoms with Gasteiger partial charge >= 0.3 is 12.0 Å². The predicted octanol–water partition coefficient (Wildman–Crippen LogP) is 3.38. The molecule has 0 bridgehead atoms. The highest BCUT2D eigenvalue weighted by atomic mass is 16.4. The third-order valence-electron chi connectivity index (χ3n) is 6.16. The molecule has 3 aliphatic rings. The Balaban J connectivity index is 1.50. The molecule has 0 aromatic carbocycles. The monoisotopic (exact) mass is 322 g/mol. The molecule has 1 heterocycles. The van der Waals surface area contributed by atoms with Crippen LogP contribution in [0.5, 0.6) is 0 Å². The third-order valence-corrected chi connectivity index (χ3v) is 6.16. The standard InChI is InChI=1S/C18H30N2O3/c21-17(22)14-8-10-15(11-9-14)19-18(23)20-12-4-7-16(20)13-5-2-1-3-6-13/h13-16H,1-12H2,(H,19,23)(H,21,22). The Bertz CT molecular complexity index is 426. The Hall–Kier alpha value is -1.26. The van der Waals surface area contributed by atoms with Crippen LogP contribution in [0.3, 0.4) is 0 Å². The molecule has 3 fully saturated rings. The summed E-state index contributed by atoms with van der Waals surface area (Å²) in [6, 6.07) is 0.688. The molecule has 0 radical (unpaired) electrons. The maximum absolute atomic E-state index is 12.7. The molecule has 2 amide bonds. The van der Waals surface area contributed by atoms with E-state index < -0.39 is 5.97 Å². The Morgan fingerprint density at radius 2 is 1.57 bits per heavy atom. The van der Waals surface area contributed by atoms with Crippen molar-refractivity contribution < 1.29 is 14.7 Å². The summed E-state index contributed by atoms with van der Waals surface area (Å²) in [6.07, 6.45) is 11.8. The number of likely N-dealkylation sites (tertiary alicyclic amines) is 1. The van der Waals surface area contributed by atoms with Gasteiger partial charge in [-0.25, -0.2) is 4.79 Å². The van der Waals surface area contributed by atoms with Crippen molar-refractivity contribution in [2.24, 2.45) is 11.8 Å². The summed E-state index contributed by atoms with van der Waals surface area (Å²) in [4.78, 5) is 25.8. The molecule has 5 heteroatoms. The van der Waals surface area contributed by atoms with Gasteiger partial charge in [-0.1, -0.05) is 19.3 Å². The van der Waals surface area contributed by atoms with Crippen molar-refractivity contribution in [2.45, 2.75) is 82.7 Å². The Morgan fingerprint density at radius 3 is 2.22 bits per heavy atom. The molecule has 2 N–H and O–H groups in total. The van der Waals surface area contributed by atoms with Gasteiger partial charge < -0.3 is 15.3 Å². The highest BCUT2D eigenvalue weighted by Gasteiger charge is 2.36. The van der Waals surface area contributed by atoms with E-state index in [0.717, 1.165) is 32.2 Å². The number of amides is 2. The van der Waals surface area contributed by atoms with E-state index in [-0.39, 0.29) is 18.0 Å². The van der Waals surface area contributed by atoms with Gasteiger partial charge in [0.2, 0.25) is 0 Å². The van der Waals surface area contributed by atoms with Crippen LogP contribution in [0, 0.1) is 11.8 Å². The van der Waals surface area contributed by atoms with Crippen molar-refractivity contribution in [3.8, 4) is 0 Å². The fourth-order valence-electron chi connectivity index (χ4n) is 4.80. The molecule has 1 atom stereocenters. The number of aliphatic carboxylic acids is 1. The summed E-state index contributed by atoms with van der Waals surface area (Å²) in [6.45, 7) is 0.886. The highest BCUT2D eigenvalue weighted by molar-refractivity contribution is 5.75. The molecule has 2 aliphatic carbocycles. The summed E-state index contributed by atoms with van der Waals surface area (Å²) in [7, 11) is 0. The summed E-state index contributed by atoms with van der Waals surface area (Å²) in [5, 5.41) is 12.2. The quantitative estimate of drug-likeness (QED) is 0.837. The molecule has 130 valence electrons. The first-order chi connectivity index (χ1) is 11.1. The molecular weight excluding hydrogens is 292 g/mol. The number of carbonyl (C=O) groups excluding carboxylic acids is 1. The second kappa shape index (κ2) is 7.54. The number of urea groups is 1. The summed E-state index contributed by atoms with van der Waals surface area (Å²) in [5.74, 6) is -0.212. The Labute approximate surface area is 138 Å². The number of hydrogen-bond acceptors (Lipinski definition) is 2. The smallest absolute Gasteiger partial charge is 0.317 e. The van der Waals surface area contributed by atoms with Gasteiger partial charge in [0.15, 0.2) is 0 Å². The molecule has 3 rings (SSSR count). The largest absolute Gasteiger partial charge is 0.481 e. The molecule has 1 saturated heterocycles. The van der Waals surface area contributed by atoms with Crippen LogP contribution >= 0.6 is 0 Å². The summed E-state index contributed by atoms with van der Waals surface area (Å²) in [5.41, 5.74) is 0. The summed E-state index contributed by atoms with van der Waals surface area (Å²) >= 11 is 0. The van der Waals surface area contributed by atoms with Crippen LogP contribution in [-0.4, -0.2) is 40.6 Å². The first kappa shape index (κ1) is 16.6. The second-order valence-corrected chi connectivity index (χ2v) is 7.64. The Kier molecular flexibility index (Phi) is 5.44. The molecule has 23 heavy (non-hydrogen) atoms. The SMILES string of the molecule is O=C(O)C1CCC(NC(=O)N2CCCC2C2CCCCC2)CC1. The van der Waals surface area contributed by atoms with Crippen molar-refractivity contribution in [1.29, 1.82) is 0 Å². The average Bonchev–Trinajstić information content (AvgIpc) is 3.06. The van der Waals surface area contributed by atoms with Crippen molar-refractivity contribution in [2.75, 3.05) is 6.54 Å². The van der Waals surface area contributed by atoms with E-state index in [2.05, 4.69) is 10.2 Å². The Morgan fingerprint density at radius 1 is 0.870 bits per heavy atom.